The largest absolute Gasteiger partial charge is 0.355 e. The molecular weight excluding hydrogens is 282 g/mol. The molecule has 110 valence electrons. The highest BCUT2D eigenvalue weighted by molar-refractivity contribution is 7.07. The molecule has 1 N–H and O–H groups in total. The van der Waals surface area contributed by atoms with Crippen LogP contribution in [0.25, 0.3) is 0 Å². The average molecular weight is 301 g/mol. The fourth-order valence-electron chi connectivity index (χ4n) is 2.70. The van der Waals surface area contributed by atoms with Gasteiger partial charge in [0, 0.05) is 25.3 Å². The van der Waals surface area contributed by atoms with Crippen molar-refractivity contribution in [3.63, 3.8) is 0 Å². The summed E-state index contributed by atoms with van der Waals surface area (Å²) in [5.74, 6) is 1.11. The number of rotatable bonds is 4. The molecule has 1 atom stereocenters. The van der Waals surface area contributed by atoms with E-state index in [0.29, 0.717) is 6.42 Å². The Morgan fingerprint density at radius 2 is 2.38 bits per heavy atom. The number of amides is 1. The molecule has 3 heterocycles. The minimum absolute atomic E-state index is 0.112. The third-order valence-electron chi connectivity index (χ3n) is 3.70. The SMILES string of the molecule is O=C(Cc1ccsc1)NC1CCCN(c2ccccn2)C1. The van der Waals surface area contributed by atoms with Crippen LogP contribution in [0, 0.1) is 0 Å². The van der Waals surface area contributed by atoms with Crippen molar-refractivity contribution in [1.29, 1.82) is 0 Å². The normalized spacial score (nSPS) is 18.5. The van der Waals surface area contributed by atoms with Crippen LogP contribution in [0.2, 0.25) is 0 Å². The number of pyridine rings is 1. The Morgan fingerprint density at radius 1 is 1.43 bits per heavy atom. The number of aromatic nitrogens is 1. The van der Waals surface area contributed by atoms with Crippen LogP contribution >= 0.6 is 11.3 Å². The number of nitrogens with zero attached hydrogens (tertiary/aromatic N) is 2. The lowest BCUT2D eigenvalue weighted by atomic mass is 10.1. The Labute approximate surface area is 128 Å². The van der Waals surface area contributed by atoms with Crippen molar-refractivity contribution in [3.05, 3.63) is 46.8 Å². The minimum Gasteiger partial charge on any atom is -0.355 e. The van der Waals surface area contributed by atoms with Crippen molar-refractivity contribution in [2.45, 2.75) is 25.3 Å². The molecule has 1 fully saturated rings. The molecule has 1 aliphatic heterocycles. The van der Waals surface area contributed by atoms with Crippen LogP contribution in [0.3, 0.4) is 0 Å². The first kappa shape index (κ1) is 14.1. The summed E-state index contributed by atoms with van der Waals surface area (Å²) in [4.78, 5) is 18.7. The van der Waals surface area contributed by atoms with Gasteiger partial charge in [0.25, 0.3) is 0 Å². The maximum absolute atomic E-state index is 12.1. The molecule has 0 saturated carbocycles. The van der Waals surface area contributed by atoms with Gasteiger partial charge in [0.05, 0.1) is 6.42 Å². The lowest BCUT2D eigenvalue weighted by Gasteiger charge is -2.34. The lowest BCUT2D eigenvalue weighted by molar-refractivity contribution is -0.121. The molecule has 3 rings (SSSR count). The zero-order valence-corrected chi connectivity index (χ0v) is 12.7. The first-order chi connectivity index (χ1) is 10.3. The second-order valence-electron chi connectivity index (χ2n) is 5.35. The quantitative estimate of drug-likeness (QED) is 0.943. The van der Waals surface area contributed by atoms with Crippen molar-refractivity contribution in [2.24, 2.45) is 0 Å². The molecule has 0 spiro atoms. The number of thiophene rings is 1. The molecular formula is C16H19N3OS. The topological polar surface area (TPSA) is 45.2 Å². The first-order valence-electron chi connectivity index (χ1n) is 7.28. The van der Waals surface area contributed by atoms with Crippen LogP contribution in [0.5, 0.6) is 0 Å². The fraction of sp³-hybridized carbons (Fsp3) is 0.375. The molecule has 0 aromatic carbocycles. The van der Waals surface area contributed by atoms with Gasteiger partial charge in [-0.3, -0.25) is 4.79 Å². The molecule has 2 aromatic rings. The Hall–Kier alpha value is -1.88. The predicted octanol–water partition coefficient (Wildman–Crippen LogP) is 2.47. The van der Waals surface area contributed by atoms with Crippen molar-refractivity contribution in [2.75, 3.05) is 18.0 Å². The van der Waals surface area contributed by atoms with Gasteiger partial charge < -0.3 is 10.2 Å². The summed E-state index contributed by atoms with van der Waals surface area (Å²) < 4.78 is 0. The second kappa shape index (κ2) is 6.72. The highest BCUT2D eigenvalue weighted by Gasteiger charge is 2.22. The predicted molar refractivity (Wildman–Crippen MR) is 85.6 cm³/mol. The monoisotopic (exact) mass is 301 g/mol. The van der Waals surface area contributed by atoms with Crippen LogP contribution in [-0.4, -0.2) is 30.0 Å². The van der Waals surface area contributed by atoms with Gasteiger partial charge in [-0.15, -0.1) is 0 Å². The van der Waals surface area contributed by atoms with E-state index in [9.17, 15) is 4.79 Å². The smallest absolute Gasteiger partial charge is 0.224 e. The molecule has 1 amide bonds. The molecule has 0 aliphatic carbocycles. The van der Waals surface area contributed by atoms with E-state index >= 15 is 0 Å². The van der Waals surface area contributed by atoms with Crippen LogP contribution in [-0.2, 0) is 11.2 Å². The van der Waals surface area contributed by atoms with E-state index in [1.54, 1.807) is 11.3 Å². The fourth-order valence-corrected chi connectivity index (χ4v) is 3.37. The number of carbonyl (C=O) groups is 1. The van der Waals surface area contributed by atoms with Crippen LogP contribution < -0.4 is 10.2 Å². The van der Waals surface area contributed by atoms with E-state index in [1.807, 2.05) is 41.2 Å². The number of hydrogen-bond donors (Lipinski definition) is 1. The molecule has 5 heteroatoms. The van der Waals surface area contributed by atoms with Crippen molar-refractivity contribution >= 4 is 23.1 Å². The van der Waals surface area contributed by atoms with Crippen molar-refractivity contribution in [3.8, 4) is 0 Å². The van der Waals surface area contributed by atoms with Crippen LogP contribution in [0.4, 0.5) is 5.82 Å². The van der Waals surface area contributed by atoms with Gasteiger partial charge in [0.1, 0.15) is 5.82 Å². The lowest BCUT2D eigenvalue weighted by Crippen LogP contribution is -2.48. The maximum atomic E-state index is 12.1. The molecule has 0 radical (unpaired) electrons. The highest BCUT2D eigenvalue weighted by Crippen LogP contribution is 2.17. The van der Waals surface area contributed by atoms with E-state index in [0.717, 1.165) is 37.3 Å². The number of hydrogen-bond acceptors (Lipinski definition) is 4. The number of anilines is 1. The van der Waals surface area contributed by atoms with E-state index in [-0.39, 0.29) is 11.9 Å². The molecule has 21 heavy (non-hydrogen) atoms. The Morgan fingerprint density at radius 3 is 3.14 bits per heavy atom. The summed E-state index contributed by atoms with van der Waals surface area (Å²) in [7, 11) is 0. The molecule has 2 aromatic heterocycles. The average Bonchev–Trinajstić information content (AvgIpc) is 3.01. The van der Waals surface area contributed by atoms with E-state index in [4.69, 9.17) is 0 Å². The van der Waals surface area contributed by atoms with Gasteiger partial charge in [-0.1, -0.05) is 6.07 Å². The van der Waals surface area contributed by atoms with Gasteiger partial charge >= 0.3 is 0 Å². The van der Waals surface area contributed by atoms with E-state index in [1.165, 1.54) is 0 Å². The summed E-state index contributed by atoms with van der Waals surface area (Å²) in [5, 5.41) is 7.19. The van der Waals surface area contributed by atoms with Gasteiger partial charge in [0.2, 0.25) is 5.91 Å². The zero-order valence-electron chi connectivity index (χ0n) is 11.9. The van der Waals surface area contributed by atoms with Gasteiger partial charge in [-0.05, 0) is 47.4 Å². The molecule has 4 nitrogen and oxygen atoms in total. The van der Waals surface area contributed by atoms with Gasteiger partial charge in [0.15, 0.2) is 0 Å². The van der Waals surface area contributed by atoms with Gasteiger partial charge in [-0.25, -0.2) is 4.98 Å². The third-order valence-corrected chi connectivity index (χ3v) is 4.44. The Bertz CT molecular complexity index is 570. The van der Waals surface area contributed by atoms with Crippen LogP contribution in [0.1, 0.15) is 18.4 Å². The summed E-state index contributed by atoms with van der Waals surface area (Å²) in [6.07, 6.45) is 4.41. The molecule has 1 saturated heterocycles. The number of piperidine rings is 1. The van der Waals surface area contributed by atoms with E-state index in [2.05, 4.69) is 15.2 Å². The van der Waals surface area contributed by atoms with Crippen LogP contribution in [0.15, 0.2) is 41.2 Å². The van der Waals surface area contributed by atoms with Crippen molar-refractivity contribution < 1.29 is 4.79 Å². The summed E-state index contributed by atoms with van der Waals surface area (Å²) in [6, 6.07) is 8.17. The molecule has 1 unspecified atom stereocenters. The van der Waals surface area contributed by atoms with Crippen molar-refractivity contribution in [1.82, 2.24) is 10.3 Å². The standard InChI is InChI=1S/C16H19N3OS/c20-16(10-13-6-9-21-12-13)18-14-4-3-8-19(11-14)15-5-1-2-7-17-15/h1-2,5-7,9,12,14H,3-4,8,10-11H2,(H,18,20). The summed E-state index contributed by atoms with van der Waals surface area (Å²) >= 11 is 1.63. The zero-order chi connectivity index (χ0) is 14.5. The maximum Gasteiger partial charge on any atom is 0.224 e. The number of carbonyl (C=O) groups excluding carboxylic acids is 1. The van der Waals surface area contributed by atoms with E-state index < -0.39 is 0 Å². The third kappa shape index (κ3) is 3.82. The Kier molecular flexibility index (Phi) is 4.50. The first-order valence-corrected chi connectivity index (χ1v) is 8.22. The second-order valence-corrected chi connectivity index (χ2v) is 6.13. The highest BCUT2D eigenvalue weighted by atomic mass is 32.1. The Balaban J connectivity index is 1.55. The number of nitrogens with one attached hydrogen (secondary N) is 1. The molecule has 1 aliphatic rings. The molecule has 0 bridgehead atoms. The summed E-state index contributed by atoms with van der Waals surface area (Å²) in [5.41, 5.74) is 1.09. The minimum atomic E-state index is 0.112. The summed E-state index contributed by atoms with van der Waals surface area (Å²) in [6.45, 7) is 1.85. The van der Waals surface area contributed by atoms with Gasteiger partial charge in [-0.2, -0.15) is 11.3 Å².